The number of halogens is 3. The van der Waals surface area contributed by atoms with Crippen LogP contribution in [0.5, 0.6) is 17.2 Å². The van der Waals surface area contributed by atoms with E-state index in [-0.39, 0.29) is 18.2 Å². The Kier molecular flexibility index (Phi) is 7.14. The van der Waals surface area contributed by atoms with Gasteiger partial charge in [-0.05, 0) is 100 Å². The van der Waals surface area contributed by atoms with Crippen molar-refractivity contribution in [1.29, 1.82) is 0 Å². The molecule has 2 amide bonds. The van der Waals surface area contributed by atoms with Crippen molar-refractivity contribution in [3.05, 3.63) is 115 Å². The van der Waals surface area contributed by atoms with E-state index in [4.69, 9.17) is 32.7 Å². The minimum atomic E-state index is -1.21. The smallest absolute Gasteiger partial charge is 0.238 e. The lowest BCUT2D eigenvalue weighted by Crippen LogP contribution is -2.56. The van der Waals surface area contributed by atoms with E-state index in [0.29, 0.717) is 38.5 Å². The number of carbonyl (C=O) groups excluding carboxylic acids is 2. The molecule has 6 rings (SSSR count). The van der Waals surface area contributed by atoms with Gasteiger partial charge in [0.2, 0.25) is 11.8 Å². The number of hydrogen-bond acceptors (Lipinski definition) is 4. The van der Waals surface area contributed by atoms with Crippen molar-refractivity contribution in [2.75, 3.05) is 12.4 Å². The number of hydrogen-bond donors (Lipinski definition) is 2. The Morgan fingerprint density at radius 3 is 2.40 bits per heavy atom. The first-order valence-electron chi connectivity index (χ1n) is 12.6. The number of fused-ring (bicyclic) bond motifs is 2. The summed E-state index contributed by atoms with van der Waals surface area (Å²) in [6.45, 7) is 0. The molecule has 0 radical (unpaired) electrons. The average Bonchev–Trinajstić information content (AvgIpc) is 3.22. The van der Waals surface area contributed by atoms with E-state index in [1.165, 1.54) is 0 Å². The Balaban J connectivity index is 1.58. The maximum atomic E-state index is 14.3. The number of piperidine rings is 1. The molecule has 2 aliphatic heterocycles. The highest BCUT2D eigenvalue weighted by Crippen LogP contribution is 2.58. The van der Waals surface area contributed by atoms with E-state index in [0.717, 1.165) is 14.7 Å². The van der Waals surface area contributed by atoms with Crippen LogP contribution >= 0.6 is 45.8 Å². The number of nitrogens with one attached hydrogen (secondary N) is 2. The molecule has 0 aliphatic carbocycles. The van der Waals surface area contributed by atoms with Gasteiger partial charge in [-0.2, -0.15) is 0 Å². The van der Waals surface area contributed by atoms with Crippen molar-refractivity contribution in [3.63, 3.8) is 0 Å². The fourth-order valence-corrected chi connectivity index (χ4v) is 6.76. The Morgan fingerprint density at radius 1 is 0.900 bits per heavy atom. The lowest BCUT2D eigenvalue weighted by Gasteiger charge is -2.46. The SMILES string of the molecule is COc1ccc(Oc2ccc(I)cc2[C@H]2NC(=O)C[C@@H](c3cccc(Cl)c3)C23C(=O)Nc2cc(Cl)ccc23)cc1. The Bertz CT molecular complexity index is 1650. The molecule has 9 heteroatoms. The molecule has 0 saturated carbocycles. The standard InChI is InChI=1S/C31H23Cl2IN2O4/c1-39-21-7-9-22(10-8-21)40-27-12-6-20(34)15-23(27)29-31(24-11-5-19(33)14-26(24)35-30(31)38)25(16-28(37)36-29)17-3-2-4-18(32)13-17/h2-15,25,29H,16H2,1H3,(H,35,38)(H,36,37)/t25-,29+,31?/m0/s1. The molecule has 2 aliphatic rings. The van der Waals surface area contributed by atoms with Gasteiger partial charge in [0.15, 0.2) is 0 Å². The predicted octanol–water partition coefficient (Wildman–Crippen LogP) is 7.63. The molecule has 2 N–H and O–H groups in total. The summed E-state index contributed by atoms with van der Waals surface area (Å²) < 4.78 is 12.6. The molecule has 2 heterocycles. The van der Waals surface area contributed by atoms with E-state index in [1.54, 1.807) is 25.3 Å². The third-order valence-electron chi connectivity index (χ3n) is 7.57. The number of carbonyl (C=O) groups is 2. The second-order valence-electron chi connectivity index (χ2n) is 9.79. The van der Waals surface area contributed by atoms with Crippen LogP contribution in [0, 0.1) is 3.57 Å². The molecule has 4 aromatic rings. The first-order valence-corrected chi connectivity index (χ1v) is 14.4. The normalized spacial score (nSPS) is 21.5. The molecule has 202 valence electrons. The van der Waals surface area contributed by atoms with E-state index in [2.05, 4.69) is 33.2 Å². The molecule has 40 heavy (non-hydrogen) atoms. The van der Waals surface area contributed by atoms with Gasteiger partial charge in [-0.25, -0.2) is 0 Å². The highest BCUT2D eigenvalue weighted by molar-refractivity contribution is 14.1. The van der Waals surface area contributed by atoms with Crippen molar-refractivity contribution in [3.8, 4) is 17.2 Å². The van der Waals surface area contributed by atoms with Crippen LogP contribution in [0.3, 0.4) is 0 Å². The van der Waals surface area contributed by atoms with Crippen molar-refractivity contribution in [2.24, 2.45) is 0 Å². The maximum Gasteiger partial charge on any atom is 0.238 e. The van der Waals surface area contributed by atoms with Crippen LogP contribution in [0.4, 0.5) is 5.69 Å². The number of methoxy groups -OCH3 is 1. The summed E-state index contributed by atoms with van der Waals surface area (Å²) in [6, 6.07) is 25.0. The van der Waals surface area contributed by atoms with Crippen LogP contribution < -0.4 is 20.1 Å². The summed E-state index contributed by atoms with van der Waals surface area (Å²) in [5, 5.41) is 7.26. The Labute approximate surface area is 255 Å². The van der Waals surface area contributed by atoms with Crippen LogP contribution in [-0.2, 0) is 15.0 Å². The first-order chi connectivity index (χ1) is 19.3. The number of ether oxygens (including phenoxy) is 2. The van der Waals surface area contributed by atoms with Gasteiger partial charge in [-0.15, -0.1) is 0 Å². The van der Waals surface area contributed by atoms with E-state index in [1.807, 2.05) is 66.7 Å². The van der Waals surface area contributed by atoms with Gasteiger partial charge >= 0.3 is 0 Å². The second kappa shape index (κ2) is 10.6. The Hall–Kier alpha value is -3.27. The molecule has 1 spiro atoms. The third-order valence-corrected chi connectivity index (χ3v) is 8.71. The number of anilines is 1. The van der Waals surface area contributed by atoms with Gasteiger partial charge in [0.1, 0.15) is 22.7 Å². The van der Waals surface area contributed by atoms with Crippen LogP contribution in [0.15, 0.2) is 84.9 Å². The lowest BCUT2D eigenvalue weighted by atomic mass is 9.59. The summed E-state index contributed by atoms with van der Waals surface area (Å²) in [5.41, 5.74) is 1.65. The summed E-state index contributed by atoms with van der Waals surface area (Å²) in [4.78, 5) is 27.7. The first kappa shape index (κ1) is 26.9. The van der Waals surface area contributed by atoms with Crippen molar-refractivity contribution in [1.82, 2.24) is 5.32 Å². The average molecular weight is 685 g/mol. The van der Waals surface area contributed by atoms with Gasteiger partial charge in [0, 0.05) is 37.2 Å². The van der Waals surface area contributed by atoms with Gasteiger partial charge in [-0.1, -0.05) is 41.4 Å². The molecule has 6 nitrogen and oxygen atoms in total. The van der Waals surface area contributed by atoms with Crippen LogP contribution in [0.2, 0.25) is 10.0 Å². The minimum absolute atomic E-state index is 0.102. The highest BCUT2D eigenvalue weighted by Gasteiger charge is 2.61. The van der Waals surface area contributed by atoms with E-state index < -0.39 is 17.4 Å². The molecule has 4 aromatic carbocycles. The van der Waals surface area contributed by atoms with Gasteiger partial charge < -0.3 is 20.1 Å². The summed E-state index contributed by atoms with van der Waals surface area (Å²) in [7, 11) is 1.60. The fourth-order valence-electron chi connectivity index (χ4n) is 5.88. The minimum Gasteiger partial charge on any atom is -0.497 e. The van der Waals surface area contributed by atoms with Crippen LogP contribution in [0.1, 0.15) is 35.1 Å². The third kappa shape index (κ3) is 4.60. The van der Waals surface area contributed by atoms with E-state index >= 15 is 0 Å². The summed E-state index contributed by atoms with van der Waals surface area (Å²) in [5.74, 6) is 0.903. The van der Waals surface area contributed by atoms with E-state index in [9.17, 15) is 9.59 Å². The largest absolute Gasteiger partial charge is 0.497 e. The quantitative estimate of drug-likeness (QED) is 0.212. The van der Waals surface area contributed by atoms with Gasteiger partial charge in [0.25, 0.3) is 0 Å². The number of rotatable bonds is 5. The number of amides is 2. The molecular weight excluding hydrogens is 662 g/mol. The molecule has 0 aromatic heterocycles. The monoisotopic (exact) mass is 684 g/mol. The van der Waals surface area contributed by atoms with Crippen LogP contribution in [0.25, 0.3) is 0 Å². The van der Waals surface area contributed by atoms with Gasteiger partial charge in [-0.3, -0.25) is 9.59 Å². The summed E-state index contributed by atoms with van der Waals surface area (Å²) in [6.07, 6.45) is 0.102. The zero-order valence-electron chi connectivity index (χ0n) is 21.2. The predicted molar refractivity (Wildman–Crippen MR) is 164 cm³/mol. The topological polar surface area (TPSA) is 76.7 Å². The highest BCUT2D eigenvalue weighted by atomic mass is 127. The number of benzene rings is 4. The van der Waals surface area contributed by atoms with Crippen molar-refractivity contribution >= 4 is 63.3 Å². The molecular formula is C31H23Cl2IN2O4. The van der Waals surface area contributed by atoms with Crippen molar-refractivity contribution < 1.29 is 19.1 Å². The zero-order chi connectivity index (χ0) is 28.0. The second-order valence-corrected chi connectivity index (χ2v) is 11.9. The lowest BCUT2D eigenvalue weighted by molar-refractivity contribution is -0.131. The fraction of sp³-hybridized carbons (Fsp3) is 0.161. The molecule has 1 saturated heterocycles. The molecule has 3 atom stereocenters. The van der Waals surface area contributed by atoms with Gasteiger partial charge in [0.05, 0.1) is 13.2 Å². The molecule has 0 bridgehead atoms. The maximum absolute atomic E-state index is 14.3. The molecule has 1 unspecified atom stereocenters. The summed E-state index contributed by atoms with van der Waals surface area (Å²) >= 11 is 15.0. The van der Waals surface area contributed by atoms with Crippen LogP contribution in [-0.4, -0.2) is 18.9 Å². The Morgan fingerprint density at radius 2 is 1.65 bits per heavy atom. The van der Waals surface area contributed by atoms with Crippen molar-refractivity contribution in [2.45, 2.75) is 23.8 Å². The molecule has 1 fully saturated rings. The zero-order valence-corrected chi connectivity index (χ0v) is 24.9.